The fraction of sp³-hybridized carbons (Fsp3) is 0.643. The topological polar surface area (TPSA) is 16.1 Å². The predicted molar refractivity (Wildman–Crippen MR) is 67.3 cm³/mol. The van der Waals surface area contributed by atoms with Crippen LogP contribution in [0.5, 0.6) is 0 Å². The quantitative estimate of drug-likeness (QED) is 0.770. The number of piperidine rings is 1. The molecule has 2 heterocycles. The van der Waals surface area contributed by atoms with Crippen molar-refractivity contribution in [2.45, 2.75) is 45.1 Å². The molecule has 1 saturated heterocycles. The van der Waals surface area contributed by atoms with E-state index in [1.54, 1.807) is 0 Å². The number of hydrogen-bond donors (Lipinski definition) is 0. The monoisotopic (exact) mass is 218 g/mol. The van der Waals surface area contributed by atoms with E-state index < -0.39 is 0 Å². The Kier molecular flexibility index (Phi) is 4.34. The number of unbranched alkanes of at least 4 members (excludes halogenated alkanes) is 1. The molecule has 0 aromatic carbocycles. The summed E-state index contributed by atoms with van der Waals surface area (Å²) < 4.78 is 0. The molecular formula is C14H22N2. The maximum Gasteiger partial charge on any atom is 0.0349 e. The molecule has 0 N–H and O–H groups in total. The van der Waals surface area contributed by atoms with Crippen molar-refractivity contribution in [2.24, 2.45) is 0 Å². The van der Waals surface area contributed by atoms with Gasteiger partial charge in [0, 0.05) is 18.4 Å². The van der Waals surface area contributed by atoms with Crippen LogP contribution in [-0.2, 0) is 0 Å². The zero-order valence-corrected chi connectivity index (χ0v) is 10.2. The number of hydrogen-bond acceptors (Lipinski definition) is 2. The molecule has 1 aromatic rings. The van der Waals surface area contributed by atoms with Crippen molar-refractivity contribution < 1.29 is 0 Å². The second kappa shape index (κ2) is 6.00. The second-order valence-electron chi connectivity index (χ2n) is 4.68. The molecule has 1 atom stereocenters. The van der Waals surface area contributed by atoms with Gasteiger partial charge in [0.05, 0.1) is 0 Å². The fourth-order valence-electron chi connectivity index (χ4n) is 2.58. The lowest BCUT2D eigenvalue weighted by Crippen LogP contribution is -2.34. The maximum atomic E-state index is 4.11. The first-order valence-corrected chi connectivity index (χ1v) is 6.56. The smallest absolute Gasteiger partial charge is 0.0349 e. The van der Waals surface area contributed by atoms with Gasteiger partial charge in [0.15, 0.2) is 0 Å². The van der Waals surface area contributed by atoms with Crippen LogP contribution in [0.2, 0.25) is 0 Å². The van der Waals surface area contributed by atoms with E-state index in [4.69, 9.17) is 0 Å². The van der Waals surface area contributed by atoms with Gasteiger partial charge in [-0.05, 0) is 50.0 Å². The molecule has 0 spiro atoms. The first-order valence-electron chi connectivity index (χ1n) is 6.56. The van der Waals surface area contributed by atoms with Gasteiger partial charge in [-0.2, -0.15) is 0 Å². The molecule has 2 rings (SSSR count). The Balaban J connectivity index is 2.04. The van der Waals surface area contributed by atoms with Crippen molar-refractivity contribution in [3.63, 3.8) is 0 Å². The molecule has 1 aliphatic heterocycles. The van der Waals surface area contributed by atoms with Crippen molar-refractivity contribution in [1.82, 2.24) is 9.88 Å². The molecule has 0 aliphatic carbocycles. The molecule has 1 aliphatic rings. The van der Waals surface area contributed by atoms with E-state index in [1.807, 2.05) is 12.4 Å². The Morgan fingerprint density at radius 3 is 2.88 bits per heavy atom. The summed E-state index contributed by atoms with van der Waals surface area (Å²) in [5, 5.41) is 0. The zero-order chi connectivity index (χ0) is 11.2. The van der Waals surface area contributed by atoms with Crippen LogP contribution in [0.25, 0.3) is 0 Å². The van der Waals surface area contributed by atoms with Gasteiger partial charge < -0.3 is 0 Å². The van der Waals surface area contributed by atoms with Crippen molar-refractivity contribution in [3.05, 3.63) is 30.1 Å². The summed E-state index contributed by atoms with van der Waals surface area (Å²) in [7, 11) is 0. The molecule has 0 bridgehead atoms. The van der Waals surface area contributed by atoms with Gasteiger partial charge in [0.1, 0.15) is 0 Å². The molecule has 1 aromatic heterocycles. The molecule has 88 valence electrons. The number of nitrogens with zero attached hydrogens (tertiary/aromatic N) is 2. The largest absolute Gasteiger partial charge is 0.296 e. The molecule has 0 unspecified atom stereocenters. The van der Waals surface area contributed by atoms with Crippen LogP contribution in [-0.4, -0.2) is 23.0 Å². The minimum Gasteiger partial charge on any atom is -0.296 e. The van der Waals surface area contributed by atoms with Crippen molar-refractivity contribution in [3.8, 4) is 0 Å². The summed E-state index contributed by atoms with van der Waals surface area (Å²) >= 11 is 0. The Labute approximate surface area is 98.7 Å². The Morgan fingerprint density at radius 1 is 1.31 bits per heavy atom. The van der Waals surface area contributed by atoms with Gasteiger partial charge in [-0.25, -0.2) is 0 Å². The van der Waals surface area contributed by atoms with Crippen LogP contribution in [0, 0.1) is 0 Å². The highest BCUT2D eigenvalue weighted by Gasteiger charge is 2.22. The number of rotatable bonds is 4. The SMILES string of the molecule is CCCCN1CCCC[C@@H]1c1ccncc1. The lowest BCUT2D eigenvalue weighted by Gasteiger charge is -2.36. The molecule has 2 heteroatoms. The highest BCUT2D eigenvalue weighted by atomic mass is 15.2. The fourth-order valence-corrected chi connectivity index (χ4v) is 2.58. The molecule has 0 saturated carbocycles. The minimum atomic E-state index is 0.642. The van der Waals surface area contributed by atoms with Crippen molar-refractivity contribution in [2.75, 3.05) is 13.1 Å². The first kappa shape index (κ1) is 11.6. The summed E-state index contributed by atoms with van der Waals surface area (Å²) in [5.74, 6) is 0. The number of likely N-dealkylation sites (tertiary alicyclic amines) is 1. The zero-order valence-electron chi connectivity index (χ0n) is 10.2. The predicted octanol–water partition coefficient (Wildman–Crippen LogP) is 3.41. The molecule has 16 heavy (non-hydrogen) atoms. The summed E-state index contributed by atoms with van der Waals surface area (Å²) in [6.45, 7) is 4.79. The number of aromatic nitrogens is 1. The summed E-state index contributed by atoms with van der Waals surface area (Å²) in [6.07, 6.45) is 10.5. The molecule has 1 fully saturated rings. The summed E-state index contributed by atoms with van der Waals surface area (Å²) in [6, 6.07) is 4.99. The normalized spacial score (nSPS) is 22.2. The van der Waals surface area contributed by atoms with Crippen molar-refractivity contribution in [1.29, 1.82) is 0 Å². The van der Waals surface area contributed by atoms with Crippen LogP contribution >= 0.6 is 0 Å². The Hall–Kier alpha value is -0.890. The Morgan fingerprint density at radius 2 is 2.12 bits per heavy atom. The molecule has 0 amide bonds. The lowest BCUT2D eigenvalue weighted by atomic mass is 9.96. The average Bonchev–Trinajstić information content (AvgIpc) is 2.38. The third-order valence-electron chi connectivity index (χ3n) is 3.50. The van der Waals surface area contributed by atoms with Crippen LogP contribution in [0.1, 0.15) is 50.6 Å². The maximum absolute atomic E-state index is 4.11. The van der Waals surface area contributed by atoms with Gasteiger partial charge in [-0.15, -0.1) is 0 Å². The average molecular weight is 218 g/mol. The van der Waals surface area contributed by atoms with E-state index in [9.17, 15) is 0 Å². The highest BCUT2D eigenvalue weighted by Crippen LogP contribution is 2.30. The van der Waals surface area contributed by atoms with Gasteiger partial charge in [0.2, 0.25) is 0 Å². The second-order valence-corrected chi connectivity index (χ2v) is 4.68. The highest BCUT2D eigenvalue weighted by molar-refractivity contribution is 5.15. The van der Waals surface area contributed by atoms with Gasteiger partial charge in [-0.3, -0.25) is 9.88 Å². The molecular weight excluding hydrogens is 196 g/mol. The van der Waals surface area contributed by atoms with Crippen LogP contribution in [0.4, 0.5) is 0 Å². The molecule has 2 nitrogen and oxygen atoms in total. The van der Waals surface area contributed by atoms with Crippen LogP contribution in [0.3, 0.4) is 0 Å². The van der Waals surface area contributed by atoms with E-state index in [0.29, 0.717) is 6.04 Å². The molecule has 0 radical (unpaired) electrons. The Bertz CT molecular complexity index is 297. The van der Waals surface area contributed by atoms with Crippen LogP contribution < -0.4 is 0 Å². The van der Waals surface area contributed by atoms with E-state index in [1.165, 1.54) is 50.8 Å². The van der Waals surface area contributed by atoms with Gasteiger partial charge in [-0.1, -0.05) is 19.8 Å². The van der Waals surface area contributed by atoms with E-state index >= 15 is 0 Å². The van der Waals surface area contributed by atoms with E-state index in [0.717, 1.165) is 0 Å². The van der Waals surface area contributed by atoms with Gasteiger partial charge >= 0.3 is 0 Å². The summed E-state index contributed by atoms with van der Waals surface area (Å²) in [4.78, 5) is 6.76. The third kappa shape index (κ3) is 2.82. The van der Waals surface area contributed by atoms with Crippen molar-refractivity contribution >= 4 is 0 Å². The lowest BCUT2D eigenvalue weighted by molar-refractivity contribution is 0.146. The van der Waals surface area contributed by atoms with Gasteiger partial charge in [0.25, 0.3) is 0 Å². The first-order chi connectivity index (χ1) is 7.92. The van der Waals surface area contributed by atoms with Crippen LogP contribution in [0.15, 0.2) is 24.5 Å². The minimum absolute atomic E-state index is 0.642. The summed E-state index contributed by atoms with van der Waals surface area (Å²) in [5.41, 5.74) is 1.45. The number of pyridine rings is 1. The van der Waals surface area contributed by atoms with E-state index in [-0.39, 0.29) is 0 Å². The third-order valence-corrected chi connectivity index (χ3v) is 3.50. The van der Waals surface area contributed by atoms with E-state index in [2.05, 4.69) is 28.9 Å². The standard InChI is InChI=1S/C14H22N2/c1-2-3-11-16-12-5-4-6-14(16)13-7-9-15-10-8-13/h7-10,14H,2-6,11-12H2,1H3/t14-/m1/s1.